The summed E-state index contributed by atoms with van der Waals surface area (Å²) in [6.45, 7) is 5.38. The third kappa shape index (κ3) is 3.07. The van der Waals surface area contributed by atoms with E-state index in [-0.39, 0.29) is 0 Å². The van der Waals surface area contributed by atoms with Crippen LogP contribution in [0.2, 0.25) is 5.15 Å². The van der Waals surface area contributed by atoms with Gasteiger partial charge in [-0.15, -0.1) is 0 Å². The Hall–Kier alpha value is -0.870. The minimum Gasteiger partial charge on any atom is -0.388 e. The summed E-state index contributed by atoms with van der Waals surface area (Å²) in [5.74, 6) is 1.57. The van der Waals surface area contributed by atoms with Crippen LogP contribution in [0.15, 0.2) is 6.07 Å². The standard InChI is InChI=1S/C12H18ClN3O/c1-3-10-14-9(13)7-11(15-10)16-6-4-5-12(2,17)8-16/h7,17H,3-6,8H2,1-2H3. The van der Waals surface area contributed by atoms with Gasteiger partial charge in [0.1, 0.15) is 16.8 Å². The minimum absolute atomic E-state index is 0.470. The average molecular weight is 256 g/mol. The van der Waals surface area contributed by atoms with Gasteiger partial charge in [0.2, 0.25) is 0 Å². The van der Waals surface area contributed by atoms with E-state index in [1.807, 2.05) is 13.8 Å². The Morgan fingerprint density at radius 2 is 2.29 bits per heavy atom. The fourth-order valence-corrected chi connectivity index (χ4v) is 2.38. The first kappa shape index (κ1) is 12.6. The Morgan fingerprint density at radius 1 is 1.53 bits per heavy atom. The van der Waals surface area contributed by atoms with E-state index in [0.717, 1.165) is 37.4 Å². The molecule has 1 aromatic heterocycles. The Balaban J connectivity index is 2.24. The summed E-state index contributed by atoms with van der Waals surface area (Å²) in [4.78, 5) is 10.7. The number of rotatable bonds is 2. The van der Waals surface area contributed by atoms with Gasteiger partial charge in [0.15, 0.2) is 0 Å². The molecule has 2 rings (SSSR count). The topological polar surface area (TPSA) is 49.2 Å². The van der Waals surface area contributed by atoms with Crippen molar-refractivity contribution in [1.29, 1.82) is 0 Å². The van der Waals surface area contributed by atoms with Crippen molar-refractivity contribution in [3.8, 4) is 0 Å². The molecule has 4 nitrogen and oxygen atoms in total. The zero-order chi connectivity index (χ0) is 12.5. The van der Waals surface area contributed by atoms with Crippen molar-refractivity contribution in [3.63, 3.8) is 0 Å². The van der Waals surface area contributed by atoms with Crippen LogP contribution < -0.4 is 4.90 Å². The lowest BCUT2D eigenvalue weighted by atomic mass is 9.95. The van der Waals surface area contributed by atoms with E-state index in [9.17, 15) is 5.11 Å². The van der Waals surface area contributed by atoms with Crippen molar-refractivity contribution in [2.24, 2.45) is 0 Å². The molecule has 0 radical (unpaired) electrons. The van der Waals surface area contributed by atoms with E-state index in [0.29, 0.717) is 11.7 Å². The van der Waals surface area contributed by atoms with E-state index < -0.39 is 5.60 Å². The molecule has 0 saturated carbocycles. The number of halogens is 1. The van der Waals surface area contributed by atoms with Gasteiger partial charge in [-0.05, 0) is 19.8 Å². The van der Waals surface area contributed by atoms with Crippen LogP contribution >= 0.6 is 11.6 Å². The molecule has 1 fully saturated rings. The average Bonchev–Trinajstić information content (AvgIpc) is 2.27. The highest BCUT2D eigenvalue weighted by atomic mass is 35.5. The molecule has 1 aromatic rings. The summed E-state index contributed by atoms with van der Waals surface area (Å²) in [5.41, 5.74) is -0.637. The van der Waals surface area contributed by atoms with Gasteiger partial charge in [0.25, 0.3) is 0 Å². The predicted molar refractivity (Wildman–Crippen MR) is 68.5 cm³/mol. The van der Waals surface area contributed by atoms with E-state index >= 15 is 0 Å². The molecule has 1 aliphatic rings. The second-order valence-corrected chi connectivity index (χ2v) is 5.23. The lowest BCUT2D eigenvalue weighted by Gasteiger charge is -2.37. The maximum Gasteiger partial charge on any atom is 0.134 e. The van der Waals surface area contributed by atoms with Gasteiger partial charge in [-0.1, -0.05) is 18.5 Å². The van der Waals surface area contributed by atoms with Gasteiger partial charge in [-0.3, -0.25) is 0 Å². The number of aliphatic hydroxyl groups is 1. The second kappa shape index (κ2) is 4.78. The summed E-state index contributed by atoms with van der Waals surface area (Å²) in [7, 11) is 0. The molecule has 0 aromatic carbocycles. The Kier molecular flexibility index (Phi) is 3.54. The first-order valence-corrected chi connectivity index (χ1v) is 6.39. The molecule has 5 heteroatoms. The second-order valence-electron chi connectivity index (χ2n) is 4.84. The number of hydrogen-bond donors (Lipinski definition) is 1. The molecule has 1 saturated heterocycles. The van der Waals surface area contributed by atoms with Crippen LogP contribution in [0.25, 0.3) is 0 Å². The molecular weight excluding hydrogens is 238 g/mol. The molecule has 17 heavy (non-hydrogen) atoms. The van der Waals surface area contributed by atoms with Crippen LogP contribution in [-0.2, 0) is 6.42 Å². The normalized spacial score (nSPS) is 25.1. The van der Waals surface area contributed by atoms with E-state index in [4.69, 9.17) is 11.6 Å². The molecule has 0 amide bonds. The van der Waals surface area contributed by atoms with Crippen molar-refractivity contribution in [1.82, 2.24) is 9.97 Å². The molecule has 2 heterocycles. The largest absolute Gasteiger partial charge is 0.388 e. The quantitative estimate of drug-likeness (QED) is 0.822. The minimum atomic E-state index is -0.637. The number of piperidine rings is 1. The molecule has 1 aliphatic heterocycles. The fourth-order valence-electron chi connectivity index (χ4n) is 2.19. The van der Waals surface area contributed by atoms with Crippen molar-refractivity contribution >= 4 is 17.4 Å². The summed E-state index contributed by atoms with van der Waals surface area (Å²) in [6.07, 6.45) is 2.57. The van der Waals surface area contributed by atoms with Gasteiger partial charge in [0, 0.05) is 25.6 Å². The van der Waals surface area contributed by atoms with Gasteiger partial charge < -0.3 is 10.0 Å². The van der Waals surface area contributed by atoms with Crippen molar-refractivity contribution in [2.45, 2.75) is 38.7 Å². The lowest BCUT2D eigenvalue weighted by molar-refractivity contribution is 0.0447. The van der Waals surface area contributed by atoms with E-state index in [1.165, 1.54) is 0 Å². The smallest absolute Gasteiger partial charge is 0.134 e. The number of hydrogen-bond acceptors (Lipinski definition) is 4. The molecule has 1 N–H and O–H groups in total. The van der Waals surface area contributed by atoms with E-state index in [1.54, 1.807) is 6.07 Å². The summed E-state index contributed by atoms with van der Waals surface area (Å²) in [6, 6.07) is 1.77. The zero-order valence-electron chi connectivity index (χ0n) is 10.3. The van der Waals surface area contributed by atoms with Crippen LogP contribution in [0, 0.1) is 0 Å². The van der Waals surface area contributed by atoms with Crippen LogP contribution in [0.5, 0.6) is 0 Å². The van der Waals surface area contributed by atoms with Crippen molar-refractivity contribution in [2.75, 3.05) is 18.0 Å². The third-order valence-electron chi connectivity index (χ3n) is 3.04. The highest BCUT2D eigenvalue weighted by Crippen LogP contribution is 2.25. The number of aromatic nitrogens is 2. The number of nitrogens with zero attached hydrogens (tertiary/aromatic N) is 3. The van der Waals surface area contributed by atoms with Gasteiger partial charge in [0.05, 0.1) is 5.60 Å². The van der Waals surface area contributed by atoms with Gasteiger partial charge >= 0.3 is 0 Å². The Morgan fingerprint density at radius 3 is 2.94 bits per heavy atom. The molecular formula is C12H18ClN3O. The first-order valence-electron chi connectivity index (χ1n) is 6.01. The lowest BCUT2D eigenvalue weighted by Crippen LogP contribution is -2.46. The van der Waals surface area contributed by atoms with Crippen molar-refractivity contribution in [3.05, 3.63) is 17.0 Å². The number of aryl methyl sites for hydroxylation is 1. The van der Waals surface area contributed by atoms with Crippen LogP contribution in [0.3, 0.4) is 0 Å². The van der Waals surface area contributed by atoms with Crippen LogP contribution in [0.1, 0.15) is 32.5 Å². The molecule has 94 valence electrons. The predicted octanol–water partition coefficient (Wildman–Crippen LogP) is 2.04. The third-order valence-corrected chi connectivity index (χ3v) is 3.24. The van der Waals surface area contributed by atoms with Gasteiger partial charge in [-0.2, -0.15) is 0 Å². The van der Waals surface area contributed by atoms with Crippen molar-refractivity contribution < 1.29 is 5.11 Å². The highest BCUT2D eigenvalue weighted by molar-refractivity contribution is 6.29. The zero-order valence-corrected chi connectivity index (χ0v) is 11.0. The number of anilines is 1. The van der Waals surface area contributed by atoms with Crippen LogP contribution in [-0.4, -0.2) is 33.8 Å². The summed E-state index contributed by atoms with van der Waals surface area (Å²) < 4.78 is 0. The Bertz CT molecular complexity index is 409. The van der Waals surface area contributed by atoms with E-state index in [2.05, 4.69) is 14.9 Å². The molecule has 0 bridgehead atoms. The molecule has 1 atom stereocenters. The molecule has 1 unspecified atom stereocenters. The SMILES string of the molecule is CCc1nc(Cl)cc(N2CCCC(C)(O)C2)n1. The molecule has 0 aliphatic carbocycles. The number of β-amino-alcohol motifs (C(OH)–C–C–N with tert-alkyl or cyclic N) is 1. The maximum atomic E-state index is 10.1. The molecule has 0 spiro atoms. The van der Waals surface area contributed by atoms with Crippen LogP contribution in [0.4, 0.5) is 5.82 Å². The summed E-state index contributed by atoms with van der Waals surface area (Å²) >= 11 is 5.98. The maximum absolute atomic E-state index is 10.1. The fraction of sp³-hybridized carbons (Fsp3) is 0.667. The van der Waals surface area contributed by atoms with Gasteiger partial charge in [-0.25, -0.2) is 9.97 Å². The summed E-state index contributed by atoms with van der Waals surface area (Å²) in [5, 5.41) is 10.6. The Labute approximate surface area is 107 Å². The monoisotopic (exact) mass is 255 g/mol. The first-order chi connectivity index (χ1) is 8.00. The highest BCUT2D eigenvalue weighted by Gasteiger charge is 2.29.